The molecule has 0 saturated heterocycles. The Morgan fingerprint density at radius 2 is 2.09 bits per heavy atom. The molecule has 8 nitrogen and oxygen atoms in total. The van der Waals surface area contributed by atoms with Crippen LogP contribution in [0.2, 0.25) is 0 Å². The largest absolute Gasteiger partial charge is 0.382 e. The van der Waals surface area contributed by atoms with Gasteiger partial charge < -0.3 is 15.4 Å². The molecule has 2 N–H and O–H groups in total. The summed E-state index contributed by atoms with van der Waals surface area (Å²) in [4.78, 5) is 21.6. The van der Waals surface area contributed by atoms with E-state index in [1.807, 2.05) is 0 Å². The van der Waals surface area contributed by atoms with Crippen LogP contribution in [0.5, 0.6) is 0 Å². The Morgan fingerprint density at radius 1 is 1.34 bits per heavy atom. The van der Waals surface area contributed by atoms with Crippen molar-refractivity contribution in [2.75, 3.05) is 25.3 Å². The van der Waals surface area contributed by atoms with E-state index < -0.39 is 33.4 Å². The van der Waals surface area contributed by atoms with Crippen LogP contribution >= 0.6 is 0 Å². The van der Waals surface area contributed by atoms with Crippen LogP contribution < -0.4 is 10.6 Å². The number of nitrogens with zero attached hydrogens (tertiary/aromatic N) is 2. The zero-order valence-electron chi connectivity index (χ0n) is 17.6. The molecule has 32 heavy (non-hydrogen) atoms. The highest BCUT2D eigenvalue weighted by molar-refractivity contribution is 7.93. The molecule has 1 saturated carbocycles. The molecule has 0 bridgehead atoms. The van der Waals surface area contributed by atoms with Gasteiger partial charge in [-0.05, 0) is 37.1 Å². The van der Waals surface area contributed by atoms with Crippen LogP contribution in [-0.4, -0.2) is 50.3 Å². The van der Waals surface area contributed by atoms with Gasteiger partial charge in [-0.15, -0.1) is 0 Å². The molecular formula is C21H24F2N4O4S. The average molecular weight is 467 g/mol. The van der Waals surface area contributed by atoms with Crippen molar-refractivity contribution in [3.63, 3.8) is 0 Å². The van der Waals surface area contributed by atoms with Crippen molar-refractivity contribution in [3.05, 3.63) is 64.5 Å². The van der Waals surface area contributed by atoms with E-state index in [4.69, 9.17) is 4.74 Å². The molecule has 3 rings (SSSR count). The van der Waals surface area contributed by atoms with E-state index in [9.17, 15) is 22.0 Å². The highest BCUT2D eigenvalue weighted by atomic mass is 32.2. The SMILES string of the molecule is COC[C@@H](/C=C/S(C)(=O)=O)NC(=O)c1cnc(C2CC2)nc1NCc1cc(F)ccc1F. The van der Waals surface area contributed by atoms with Crippen molar-refractivity contribution in [2.45, 2.75) is 31.3 Å². The fourth-order valence-electron chi connectivity index (χ4n) is 2.90. The lowest BCUT2D eigenvalue weighted by Gasteiger charge is -2.16. The number of anilines is 1. The van der Waals surface area contributed by atoms with Crippen molar-refractivity contribution in [1.82, 2.24) is 15.3 Å². The molecule has 1 amide bonds. The number of carbonyl (C=O) groups excluding carboxylic acids is 1. The number of amides is 1. The van der Waals surface area contributed by atoms with Gasteiger partial charge in [-0.1, -0.05) is 0 Å². The minimum absolute atomic E-state index is 0.0377. The van der Waals surface area contributed by atoms with Crippen LogP contribution in [0, 0.1) is 11.6 Å². The topological polar surface area (TPSA) is 110 Å². The quantitative estimate of drug-likeness (QED) is 0.554. The first kappa shape index (κ1) is 23.7. The van der Waals surface area contributed by atoms with Gasteiger partial charge in [0.05, 0.1) is 12.6 Å². The first-order chi connectivity index (χ1) is 15.2. The van der Waals surface area contributed by atoms with Gasteiger partial charge in [0, 0.05) is 43.0 Å². The van der Waals surface area contributed by atoms with E-state index in [-0.39, 0.29) is 36.0 Å². The molecule has 1 aromatic heterocycles. The van der Waals surface area contributed by atoms with Gasteiger partial charge in [0.1, 0.15) is 28.8 Å². The van der Waals surface area contributed by atoms with Crippen LogP contribution in [0.25, 0.3) is 0 Å². The molecule has 11 heteroatoms. The van der Waals surface area contributed by atoms with Crippen LogP contribution in [0.4, 0.5) is 14.6 Å². The second-order valence-electron chi connectivity index (χ2n) is 7.55. The van der Waals surface area contributed by atoms with Crippen molar-refractivity contribution < 1.29 is 26.7 Å². The van der Waals surface area contributed by atoms with Gasteiger partial charge in [0.25, 0.3) is 5.91 Å². The molecule has 1 fully saturated rings. The number of sulfone groups is 1. The number of methoxy groups -OCH3 is 1. The summed E-state index contributed by atoms with van der Waals surface area (Å²) in [6.45, 7) is -0.0590. The predicted octanol–water partition coefficient (Wildman–Crippen LogP) is 2.55. The Labute approximate surface area is 185 Å². The standard InChI is InChI=1S/C21H24F2N4O4S/c1-31-12-16(7-8-32(2,29)30)26-21(28)17-11-25-19(13-3-4-13)27-20(17)24-10-14-9-15(22)5-6-18(14)23/h5-9,11,13,16H,3-4,10,12H2,1-2H3,(H,26,28)(H,24,25,27)/b8-7+/t16-/m1/s1. The number of hydrogen-bond acceptors (Lipinski definition) is 7. The average Bonchev–Trinajstić information content (AvgIpc) is 3.57. The highest BCUT2D eigenvalue weighted by Crippen LogP contribution is 2.38. The third kappa shape index (κ3) is 6.79. The molecule has 0 radical (unpaired) electrons. The summed E-state index contributed by atoms with van der Waals surface area (Å²) in [7, 11) is -1.97. The van der Waals surface area contributed by atoms with E-state index in [2.05, 4.69) is 20.6 Å². The second kappa shape index (κ2) is 10.1. The molecule has 1 aliphatic carbocycles. The monoisotopic (exact) mass is 466 g/mol. The minimum Gasteiger partial charge on any atom is -0.382 e. The number of halogens is 2. The van der Waals surface area contributed by atoms with E-state index in [1.165, 1.54) is 19.4 Å². The van der Waals surface area contributed by atoms with E-state index in [1.54, 1.807) is 0 Å². The molecule has 0 aliphatic heterocycles. The second-order valence-corrected chi connectivity index (χ2v) is 9.48. The van der Waals surface area contributed by atoms with Crippen LogP contribution in [0.3, 0.4) is 0 Å². The van der Waals surface area contributed by atoms with Crippen molar-refractivity contribution in [1.29, 1.82) is 0 Å². The maximum Gasteiger partial charge on any atom is 0.257 e. The zero-order chi connectivity index (χ0) is 23.3. The molecule has 1 aliphatic rings. The molecule has 1 heterocycles. The highest BCUT2D eigenvalue weighted by Gasteiger charge is 2.28. The van der Waals surface area contributed by atoms with Crippen molar-refractivity contribution >= 4 is 21.6 Å². The molecule has 0 spiro atoms. The van der Waals surface area contributed by atoms with Gasteiger partial charge in [-0.3, -0.25) is 4.79 Å². The smallest absolute Gasteiger partial charge is 0.257 e. The Balaban J connectivity index is 1.83. The lowest BCUT2D eigenvalue weighted by Crippen LogP contribution is -2.37. The summed E-state index contributed by atoms with van der Waals surface area (Å²) in [5.41, 5.74) is 0.163. The van der Waals surface area contributed by atoms with Gasteiger partial charge in [0.2, 0.25) is 0 Å². The summed E-state index contributed by atoms with van der Waals surface area (Å²) in [5.74, 6) is -0.803. The predicted molar refractivity (Wildman–Crippen MR) is 115 cm³/mol. The lowest BCUT2D eigenvalue weighted by molar-refractivity contribution is 0.0916. The molecule has 1 aromatic carbocycles. The number of benzene rings is 1. The number of ether oxygens (including phenoxy) is 1. The van der Waals surface area contributed by atoms with E-state index in [0.717, 1.165) is 42.7 Å². The molecule has 1 atom stereocenters. The molecule has 0 unspecified atom stereocenters. The summed E-state index contributed by atoms with van der Waals surface area (Å²) in [6, 6.07) is 2.39. The Hall–Kier alpha value is -2.92. The first-order valence-electron chi connectivity index (χ1n) is 9.89. The Kier molecular flexibility index (Phi) is 7.52. The Bertz CT molecular complexity index is 1120. The third-order valence-corrected chi connectivity index (χ3v) is 5.32. The Morgan fingerprint density at radius 3 is 2.75 bits per heavy atom. The molecule has 2 aromatic rings. The first-order valence-corrected chi connectivity index (χ1v) is 11.8. The summed E-state index contributed by atoms with van der Waals surface area (Å²) >= 11 is 0. The van der Waals surface area contributed by atoms with Gasteiger partial charge in [0.15, 0.2) is 9.84 Å². The zero-order valence-corrected chi connectivity index (χ0v) is 18.5. The lowest BCUT2D eigenvalue weighted by atomic mass is 10.2. The van der Waals surface area contributed by atoms with Crippen molar-refractivity contribution in [3.8, 4) is 0 Å². The number of rotatable bonds is 10. The molecular weight excluding hydrogens is 442 g/mol. The fourth-order valence-corrected chi connectivity index (χ4v) is 3.38. The summed E-state index contributed by atoms with van der Waals surface area (Å²) < 4.78 is 55.3. The van der Waals surface area contributed by atoms with Crippen LogP contribution in [0.15, 0.2) is 35.9 Å². The number of carbonyl (C=O) groups is 1. The summed E-state index contributed by atoms with van der Waals surface area (Å²) in [5, 5.41) is 6.54. The van der Waals surface area contributed by atoms with Gasteiger partial charge >= 0.3 is 0 Å². The minimum atomic E-state index is -3.39. The van der Waals surface area contributed by atoms with Crippen molar-refractivity contribution in [2.24, 2.45) is 0 Å². The number of aromatic nitrogens is 2. The molecule has 172 valence electrons. The summed E-state index contributed by atoms with van der Waals surface area (Å²) in [6.07, 6.45) is 5.59. The van der Waals surface area contributed by atoms with E-state index >= 15 is 0 Å². The van der Waals surface area contributed by atoms with Gasteiger partial charge in [-0.2, -0.15) is 0 Å². The number of nitrogens with one attached hydrogen (secondary N) is 2. The number of hydrogen-bond donors (Lipinski definition) is 2. The van der Waals surface area contributed by atoms with Gasteiger partial charge in [-0.25, -0.2) is 27.2 Å². The van der Waals surface area contributed by atoms with E-state index in [0.29, 0.717) is 5.82 Å². The fraction of sp³-hybridized carbons (Fsp3) is 0.381. The normalized spacial score (nSPS) is 15.0. The van der Waals surface area contributed by atoms with Crippen LogP contribution in [-0.2, 0) is 21.1 Å². The maximum absolute atomic E-state index is 14.0. The van der Waals surface area contributed by atoms with Crippen LogP contribution in [0.1, 0.15) is 40.5 Å². The maximum atomic E-state index is 14.0. The third-order valence-electron chi connectivity index (χ3n) is 4.67.